The minimum Gasteiger partial charge on any atom is -0.309 e. The van der Waals surface area contributed by atoms with Gasteiger partial charge in [-0.2, -0.15) is 21.0 Å². The summed E-state index contributed by atoms with van der Waals surface area (Å²) < 4.78 is 6.87. The summed E-state index contributed by atoms with van der Waals surface area (Å²) in [4.78, 5) is 10.0. The molecule has 0 saturated heterocycles. The molecule has 13 rings (SSSR count). The van der Waals surface area contributed by atoms with Crippen LogP contribution in [0.2, 0.25) is 0 Å². The van der Waals surface area contributed by atoms with Gasteiger partial charge in [-0.15, -0.1) is 0 Å². The first-order valence-electron chi connectivity index (χ1n) is 22.9. The van der Waals surface area contributed by atoms with E-state index in [2.05, 4.69) is 135 Å². The molecular formula is C62H33N9. The largest absolute Gasteiger partial charge is 0.309 e. The van der Waals surface area contributed by atoms with E-state index < -0.39 is 0 Å². The Bertz CT molecular complexity index is 4310. The Hall–Kier alpha value is -10.6. The average Bonchev–Trinajstić information content (AvgIpc) is 4.07. The number of hydrogen-bond acceptors (Lipinski definition) is 6. The predicted octanol–water partition coefficient (Wildman–Crippen LogP) is 14.3. The molecule has 0 bridgehead atoms. The van der Waals surface area contributed by atoms with Crippen LogP contribution in [0.25, 0.3) is 116 Å². The molecule has 0 aliphatic carbocycles. The molecule has 0 saturated carbocycles. The molecule has 0 aliphatic heterocycles. The number of nitrogens with zero attached hydrogens (tertiary/aromatic N) is 9. The summed E-state index contributed by atoms with van der Waals surface area (Å²) in [5.41, 5.74) is 15.1. The number of benzene rings is 9. The number of para-hydroxylation sites is 2. The Morgan fingerprint density at radius 3 is 1.20 bits per heavy atom. The Labute approximate surface area is 406 Å². The summed E-state index contributed by atoms with van der Waals surface area (Å²) in [5.74, 6) is 0.470. The van der Waals surface area contributed by atoms with Gasteiger partial charge in [-0.3, -0.25) is 0 Å². The van der Waals surface area contributed by atoms with E-state index in [0.717, 1.165) is 93.6 Å². The third kappa shape index (κ3) is 6.51. The Morgan fingerprint density at radius 2 is 0.676 bits per heavy atom. The first-order chi connectivity index (χ1) is 35.0. The fourth-order valence-corrected chi connectivity index (χ4v) is 10.3. The van der Waals surface area contributed by atoms with Crippen molar-refractivity contribution in [2.45, 2.75) is 0 Å². The van der Waals surface area contributed by atoms with Crippen molar-refractivity contribution in [2.24, 2.45) is 0 Å². The third-order valence-corrected chi connectivity index (χ3v) is 13.5. The molecule has 13 aromatic rings. The monoisotopic (exact) mass is 903 g/mol. The molecule has 0 spiro atoms. The van der Waals surface area contributed by atoms with Crippen LogP contribution >= 0.6 is 0 Å². The maximum Gasteiger partial charge on any atom is 0.160 e. The van der Waals surface area contributed by atoms with Crippen LogP contribution in [0.4, 0.5) is 0 Å². The molecule has 9 aromatic carbocycles. The van der Waals surface area contributed by atoms with E-state index in [0.29, 0.717) is 45.0 Å². The van der Waals surface area contributed by atoms with Gasteiger partial charge in [0.1, 0.15) is 0 Å². The fraction of sp³-hybridized carbons (Fsp3) is 0. The molecule has 9 nitrogen and oxygen atoms in total. The minimum absolute atomic E-state index is 0.470. The van der Waals surface area contributed by atoms with Crippen molar-refractivity contribution < 1.29 is 0 Å². The van der Waals surface area contributed by atoms with Crippen LogP contribution in [-0.4, -0.2) is 23.7 Å². The van der Waals surface area contributed by atoms with Gasteiger partial charge in [-0.1, -0.05) is 72.8 Å². The van der Waals surface area contributed by atoms with Crippen LogP contribution in [0, 0.1) is 45.3 Å². The highest BCUT2D eigenvalue weighted by Gasteiger charge is 2.20. The molecule has 9 heteroatoms. The number of aromatic nitrogens is 5. The van der Waals surface area contributed by atoms with Crippen molar-refractivity contribution in [3.63, 3.8) is 0 Å². The highest BCUT2D eigenvalue weighted by Crippen LogP contribution is 2.40. The van der Waals surface area contributed by atoms with Gasteiger partial charge >= 0.3 is 0 Å². The topological polar surface area (TPSA) is 136 Å². The van der Waals surface area contributed by atoms with Crippen molar-refractivity contribution in [1.82, 2.24) is 23.7 Å². The lowest BCUT2D eigenvalue weighted by Gasteiger charge is -2.12. The van der Waals surface area contributed by atoms with Gasteiger partial charge in [-0.25, -0.2) is 9.97 Å². The lowest BCUT2D eigenvalue weighted by Crippen LogP contribution is -1.98. The summed E-state index contributed by atoms with van der Waals surface area (Å²) in [6, 6.07) is 75.8. The number of fused-ring (bicyclic) bond motifs is 9. The van der Waals surface area contributed by atoms with E-state index in [1.165, 1.54) is 0 Å². The molecular weight excluding hydrogens is 871 g/mol. The maximum absolute atomic E-state index is 9.86. The molecule has 0 N–H and O–H groups in total. The molecule has 0 amide bonds. The van der Waals surface area contributed by atoms with E-state index in [-0.39, 0.29) is 0 Å². The minimum atomic E-state index is 0.470. The van der Waals surface area contributed by atoms with Crippen molar-refractivity contribution >= 4 is 65.4 Å². The lowest BCUT2D eigenvalue weighted by molar-refractivity contribution is 1.16. The van der Waals surface area contributed by atoms with Crippen molar-refractivity contribution in [3.05, 3.63) is 222 Å². The van der Waals surface area contributed by atoms with Gasteiger partial charge in [0.05, 0.1) is 91.0 Å². The molecule has 0 atom stereocenters. The van der Waals surface area contributed by atoms with Gasteiger partial charge in [0.25, 0.3) is 0 Å². The summed E-state index contributed by atoms with van der Waals surface area (Å²) in [5, 5.41) is 45.5. The quantitative estimate of drug-likeness (QED) is 0.163. The van der Waals surface area contributed by atoms with Gasteiger partial charge in [0, 0.05) is 66.1 Å². The molecule has 0 fully saturated rings. The Balaban J connectivity index is 1.02. The second-order valence-electron chi connectivity index (χ2n) is 17.5. The normalized spacial score (nSPS) is 11.3. The highest BCUT2D eigenvalue weighted by atomic mass is 15.0. The smallest absolute Gasteiger partial charge is 0.160 e. The molecule has 326 valence electrons. The van der Waals surface area contributed by atoms with E-state index >= 15 is 0 Å². The molecule has 0 unspecified atom stereocenters. The molecule has 0 radical (unpaired) electrons. The van der Waals surface area contributed by atoms with E-state index in [1.807, 2.05) is 84.9 Å². The fourth-order valence-electron chi connectivity index (χ4n) is 10.3. The predicted molar refractivity (Wildman–Crippen MR) is 280 cm³/mol. The summed E-state index contributed by atoms with van der Waals surface area (Å²) in [7, 11) is 0. The maximum atomic E-state index is 9.86. The van der Waals surface area contributed by atoms with Crippen LogP contribution in [0.3, 0.4) is 0 Å². The molecule has 4 heterocycles. The average molecular weight is 904 g/mol. The zero-order valence-corrected chi connectivity index (χ0v) is 37.6. The standard InChI is InChI=1S/C62H33N9/c63-34-38-7-5-9-43(27-38)55-33-54(67-62(68-55)44-10-6-8-39(28-44)35-64)42-17-19-45(20-18-42)69-60-25-21-46(70-56-13-3-1-11-48(56)50-29-40(36-65)15-23-58(50)70)31-52(60)53-32-47(22-26-61(53)69)71-57-14-4-2-12-49(57)51-30-41(37-66)16-24-59(51)71/h1-33H. The Morgan fingerprint density at radius 1 is 0.282 bits per heavy atom. The van der Waals surface area contributed by atoms with Crippen LogP contribution in [-0.2, 0) is 0 Å². The molecule has 0 aliphatic rings. The van der Waals surface area contributed by atoms with Crippen LogP contribution in [0.15, 0.2) is 200 Å². The zero-order chi connectivity index (χ0) is 47.7. The third-order valence-electron chi connectivity index (χ3n) is 13.5. The van der Waals surface area contributed by atoms with Gasteiger partial charge in [0.2, 0.25) is 0 Å². The first-order valence-corrected chi connectivity index (χ1v) is 22.9. The van der Waals surface area contributed by atoms with Crippen LogP contribution in [0.1, 0.15) is 22.3 Å². The van der Waals surface area contributed by atoms with Gasteiger partial charge < -0.3 is 13.7 Å². The Kier molecular flexibility index (Phi) is 9.19. The summed E-state index contributed by atoms with van der Waals surface area (Å²) in [6.07, 6.45) is 0. The number of hydrogen-bond donors (Lipinski definition) is 0. The lowest BCUT2D eigenvalue weighted by atomic mass is 10.0. The van der Waals surface area contributed by atoms with E-state index in [1.54, 1.807) is 18.2 Å². The number of rotatable bonds is 6. The number of nitriles is 4. The van der Waals surface area contributed by atoms with Crippen molar-refractivity contribution in [1.29, 1.82) is 21.0 Å². The van der Waals surface area contributed by atoms with Gasteiger partial charge in [0.15, 0.2) is 5.82 Å². The van der Waals surface area contributed by atoms with E-state index in [9.17, 15) is 21.0 Å². The van der Waals surface area contributed by atoms with Crippen molar-refractivity contribution in [3.8, 4) is 75.2 Å². The van der Waals surface area contributed by atoms with Crippen molar-refractivity contribution in [2.75, 3.05) is 0 Å². The highest BCUT2D eigenvalue weighted by molar-refractivity contribution is 6.14. The molecule has 4 aromatic heterocycles. The second kappa shape index (κ2) is 16.0. The second-order valence-corrected chi connectivity index (χ2v) is 17.5. The first kappa shape index (κ1) is 40.7. The summed E-state index contributed by atoms with van der Waals surface area (Å²) >= 11 is 0. The van der Waals surface area contributed by atoms with Gasteiger partial charge in [-0.05, 0) is 127 Å². The molecule has 71 heavy (non-hydrogen) atoms. The zero-order valence-electron chi connectivity index (χ0n) is 37.6. The van der Waals surface area contributed by atoms with Crippen LogP contribution < -0.4 is 0 Å². The summed E-state index contributed by atoms with van der Waals surface area (Å²) in [6.45, 7) is 0. The van der Waals surface area contributed by atoms with E-state index in [4.69, 9.17) is 9.97 Å². The SMILES string of the molecule is N#Cc1cccc(-c2cc(-c3ccc(-n4c5ccc(-n6c7ccccc7c7cc(C#N)ccc76)cc5c5cc(-n6c7ccccc7c7cc(C#N)ccc76)ccc54)cc3)nc(-c3cccc(C#N)c3)n2)c1. The van der Waals surface area contributed by atoms with Crippen LogP contribution in [0.5, 0.6) is 0 Å².